The van der Waals surface area contributed by atoms with Crippen LogP contribution in [0, 0.1) is 5.92 Å². The Morgan fingerprint density at radius 2 is 1.67 bits per heavy atom. The van der Waals surface area contributed by atoms with Gasteiger partial charge in [0.15, 0.2) is 5.13 Å². The highest BCUT2D eigenvalue weighted by Crippen LogP contribution is 2.18. The van der Waals surface area contributed by atoms with Crippen molar-refractivity contribution in [2.24, 2.45) is 5.92 Å². The van der Waals surface area contributed by atoms with E-state index in [0.29, 0.717) is 41.0 Å². The number of anilines is 1. The van der Waals surface area contributed by atoms with Crippen molar-refractivity contribution >= 4 is 45.8 Å². The van der Waals surface area contributed by atoms with E-state index in [2.05, 4.69) is 10.3 Å². The Balaban J connectivity index is 1.61. The van der Waals surface area contributed by atoms with Gasteiger partial charge >= 0.3 is 0 Å². The average molecular weight is 570 g/mol. The molecule has 0 aliphatic rings. The molecule has 1 aromatic heterocycles. The Kier molecular flexibility index (Phi) is 11.5. The number of aromatic nitrogens is 1. The number of likely N-dealkylation sites (N-methyl/N-ethyl adjacent to an activating group) is 1. The third-order valence-electron chi connectivity index (χ3n) is 5.81. The molecule has 0 radical (unpaired) electrons. The van der Waals surface area contributed by atoms with Crippen molar-refractivity contribution in [3.8, 4) is 0 Å². The number of amides is 3. The van der Waals surface area contributed by atoms with Crippen LogP contribution in [0.15, 0.2) is 60.0 Å². The van der Waals surface area contributed by atoms with Crippen molar-refractivity contribution in [3.63, 3.8) is 0 Å². The number of carbonyl (C=O) groups is 3. The lowest BCUT2D eigenvalue weighted by Gasteiger charge is -2.24. The molecule has 1 N–H and O–H groups in total. The fraction of sp³-hybridized carbons (Fsp3) is 0.379. The van der Waals surface area contributed by atoms with Crippen LogP contribution in [-0.4, -0.2) is 77.7 Å². The van der Waals surface area contributed by atoms with Gasteiger partial charge in [-0.05, 0) is 49.8 Å². The molecular weight excluding hydrogens is 534 g/mol. The van der Waals surface area contributed by atoms with Crippen molar-refractivity contribution in [2.75, 3.05) is 45.6 Å². The summed E-state index contributed by atoms with van der Waals surface area (Å²) < 4.78 is 0. The van der Waals surface area contributed by atoms with Crippen LogP contribution >= 0.6 is 22.9 Å². The van der Waals surface area contributed by atoms with E-state index in [0.717, 1.165) is 12.1 Å². The van der Waals surface area contributed by atoms with Gasteiger partial charge in [0, 0.05) is 42.1 Å². The Labute approximate surface area is 239 Å². The van der Waals surface area contributed by atoms with Gasteiger partial charge in [-0.15, -0.1) is 11.3 Å². The summed E-state index contributed by atoms with van der Waals surface area (Å²) in [6.07, 6.45) is 0.140. The van der Waals surface area contributed by atoms with E-state index in [1.54, 1.807) is 29.6 Å². The van der Waals surface area contributed by atoms with Crippen molar-refractivity contribution < 1.29 is 14.4 Å². The zero-order valence-corrected chi connectivity index (χ0v) is 24.5. The summed E-state index contributed by atoms with van der Waals surface area (Å²) in [7, 11) is 3.96. The van der Waals surface area contributed by atoms with Gasteiger partial charge in [-0.1, -0.05) is 55.8 Å². The van der Waals surface area contributed by atoms with Gasteiger partial charge in [-0.3, -0.25) is 14.4 Å². The van der Waals surface area contributed by atoms with E-state index < -0.39 is 0 Å². The molecule has 3 aromatic rings. The molecule has 0 spiro atoms. The Hall–Kier alpha value is -3.27. The molecule has 208 valence electrons. The maximum Gasteiger partial charge on any atom is 0.254 e. The summed E-state index contributed by atoms with van der Waals surface area (Å²) in [4.78, 5) is 48.9. The molecule has 3 rings (SSSR count). The van der Waals surface area contributed by atoms with Gasteiger partial charge in [0.05, 0.1) is 12.1 Å². The highest BCUT2D eigenvalue weighted by Gasteiger charge is 2.21. The van der Waals surface area contributed by atoms with Crippen LogP contribution in [-0.2, 0) is 22.6 Å². The molecule has 0 fully saturated rings. The number of hydrogen-bond acceptors (Lipinski definition) is 6. The van der Waals surface area contributed by atoms with Gasteiger partial charge in [0.2, 0.25) is 11.8 Å². The first-order chi connectivity index (χ1) is 18.6. The number of carbonyl (C=O) groups excluding carboxylic acids is 3. The van der Waals surface area contributed by atoms with Crippen LogP contribution < -0.4 is 5.32 Å². The molecular formula is C29H36ClN5O3S. The Morgan fingerprint density at radius 3 is 2.31 bits per heavy atom. The highest BCUT2D eigenvalue weighted by atomic mass is 35.5. The first kappa shape index (κ1) is 30.3. The van der Waals surface area contributed by atoms with Crippen LogP contribution in [0.3, 0.4) is 0 Å². The predicted molar refractivity (Wildman–Crippen MR) is 157 cm³/mol. The smallest absolute Gasteiger partial charge is 0.254 e. The summed E-state index contributed by atoms with van der Waals surface area (Å²) in [6.45, 7) is 6.17. The molecule has 39 heavy (non-hydrogen) atoms. The highest BCUT2D eigenvalue weighted by molar-refractivity contribution is 7.13. The van der Waals surface area contributed by atoms with Crippen molar-refractivity contribution in [1.82, 2.24) is 19.7 Å². The minimum absolute atomic E-state index is 0.0273. The summed E-state index contributed by atoms with van der Waals surface area (Å²) in [5.74, 6) is -0.433. The minimum atomic E-state index is -0.345. The lowest BCUT2D eigenvalue weighted by atomic mass is 10.1. The monoisotopic (exact) mass is 569 g/mol. The Morgan fingerprint density at radius 1 is 0.974 bits per heavy atom. The van der Waals surface area contributed by atoms with Crippen molar-refractivity contribution in [2.45, 2.75) is 26.8 Å². The first-order valence-corrected chi connectivity index (χ1v) is 14.1. The molecule has 10 heteroatoms. The zero-order valence-electron chi connectivity index (χ0n) is 22.9. The van der Waals surface area contributed by atoms with E-state index in [9.17, 15) is 14.4 Å². The van der Waals surface area contributed by atoms with E-state index >= 15 is 0 Å². The molecule has 1 heterocycles. The van der Waals surface area contributed by atoms with E-state index in [1.807, 2.05) is 68.1 Å². The van der Waals surface area contributed by atoms with E-state index in [1.165, 1.54) is 16.2 Å². The largest absolute Gasteiger partial charge is 0.337 e. The first-order valence-electron chi connectivity index (χ1n) is 12.9. The zero-order chi connectivity index (χ0) is 28.4. The second-order valence-corrected chi connectivity index (χ2v) is 11.4. The summed E-state index contributed by atoms with van der Waals surface area (Å²) >= 11 is 7.21. The number of rotatable bonds is 13. The summed E-state index contributed by atoms with van der Waals surface area (Å²) in [6, 6.07) is 16.5. The third kappa shape index (κ3) is 10.1. The molecule has 0 aliphatic heterocycles. The fourth-order valence-electron chi connectivity index (χ4n) is 3.90. The number of nitrogens with zero attached hydrogens (tertiary/aromatic N) is 4. The lowest BCUT2D eigenvalue weighted by Crippen LogP contribution is -2.40. The van der Waals surface area contributed by atoms with Crippen LogP contribution in [0.4, 0.5) is 5.13 Å². The SMILES string of the molecule is CC(C)CN(CC(=O)Nc1nc(CC(=O)N(CCN(C)C)Cc2ccccc2)cs1)C(=O)c1ccc(Cl)cc1. The number of hydrogen-bond donors (Lipinski definition) is 1. The van der Waals surface area contributed by atoms with E-state index in [4.69, 9.17) is 11.6 Å². The number of thiazole rings is 1. The van der Waals surface area contributed by atoms with Crippen molar-refractivity contribution in [1.29, 1.82) is 0 Å². The van der Waals surface area contributed by atoms with Gasteiger partial charge < -0.3 is 20.0 Å². The van der Waals surface area contributed by atoms with Crippen LogP contribution in [0.5, 0.6) is 0 Å². The molecule has 8 nitrogen and oxygen atoms in total. The predicted octanol–water partition coefficient (Wildman–Crippen LogP) is 4.67. The van der Waals surface area contributed by atoms with Crippen molar-refractivity contribution in [3.05, 3.63) is 81.8 Å². The second kappa shape index (κ2) is 14.8. The molecule has 2 aromatic carbocycles. The molecule has 0 saturated carbocycles. The molecule has 0 saturated heterocycles. The summed E-state index contributed by atoms with van der Waals surface area (Å²) in [5, 5.41) is 5.51. The summed E-state index contributed by atoms with van der Waals surface area (Å²) in [5.41, 5.74) is 2.13. The molecule has 0 bridgehead atoms. The lowest BCUT2D eigenvalue weighted by molar-refractivity contribution is -0.131. The van der Waals surface area contributed by atoms with Crippen LogP contribution in [0.2, 0.25) is 5.02 Å². The third-order valence-corrected chi connectivity index (χ3v) is 6.87. The Bertz CT molecular complexity index is 1230. The van der Waals surface area contributed by atoms with Gasteiger partial charge in [0.1, 0.15) is 6.54 Å². The van der Waals surface area contributed by atoms with Gasteiger partial charge in [0.25, 0.3) is 5.91 Å². The number of benzene rings is 2. The minimum Gasteiger partial charge on any atom is -0.337 e. The number of halogens is 1. The molecule has 0 aliphatic carbocycles. The average Bonchev–Trinajstić information content (AvgIpc) is 3.32. The second-order valence-electron chi connectivity index (χ2n) is 10.1. The fourth-order valence-corrected chi connectivity index (χ4v) is 4.75. The molecule has 3 amide bonds. The maximum atomic E-state index is 13.2. The van der Waals surface area contributed by atoms with Gasteiger partial charge in [-0.2, -0.15) is 0 Å². The molecule has 0 atom stereocenters. The normalized spacial score (nSPS) is 11.1. The quantitative estimate of drug-likeness (QED) is 0.323. The van der Waals surface area contributed by atoms with Gasteiger partial charge in [-0.25, -0.2) is 4.98 Å². The van der Waals surface area contributed by atoms with Crippen LogP contribution in [0.25, 0.3) is 0 Å². The van der Waals surface area contributed by atoms with E-state index in [-0.39, 0.29) is 36.6 Å². The number of nitrogens with one attached hydrogen (secondary N) is 1. The standard InChI is InChI=1S/C29H36ClN5O3S/c1-21(2)17-35(28(38)23-10-12-24(30)13-11-23)19-26(36)32-29-31-25(20-39-29)16-27(37)34(15-14-33(3)4)18-22-8-6-5-7-9-22/h5-13,20-21H,14-19H2,1-4H3,(H,31,32,36). The van der Waals surface area contributed by atoms with Crippen LogP contribution in [0.1, 0.15) is 35.5 Å². The molecule has 0 unspecified atom stereocenters. The maximum absolute atomic E-state index is 13.2. The topological polar surface area (TPSA) is 85.8 Å².